The van der Waals surface area contributed by atoms with Gasteiger partial charge in [-0.2, -0.15) is 5.26 Å². The first-order chi connectivity index (χ1) is 15.6. The molecule has 5 rings (SSSR count). The van der Waals surface area contributed by atoms with E-state index in [1.807, 2.05) is 35.2 Å². The molecule has 0 atom stereocenters. The molecule has 4 aromatic rings. The summed E-state index contributed by atoms with van der Waals surface area (Å²) in [6, 6.07) is 23.5. The van der Waals surface area contributed by atoms with Crippen molar-refractivity contribution in [3.63, 3.8) is 0 Å². The molecular formula is C26H22N4O2. The Hall–Kier alpha value is -3.95. The third-order valence-corrected chi connectivity index (χ3v) is 5.76. The summed E-state index contributed by atoms with van der Waals surface area (Å²) in [5.74, 6) is 0.768. The highest BCUT2D eigenvalue weighted by Gasteiger charge is 2.21. The maximum absolute atomic E-state index is 13.0. The van der Waals surface area contributed by atoms with Crippen LogP contribution in [0.15, 0.2) is 66.7 Å². The predicted octanol–water partition coefficient (Wildman–Crippen LogP) is 4.35. The van der Waals surface area contributed by atoms with Gasteiger partial charge in [-0.25, -0.2) is 4.98 Å². The van der Waals surface area contributed by atoms with Crippen LogP contribution in [0.4, 0.5) is 0 Å². The molecule has 0 saturated carbocycles. The van der Waals surface area contributed by atoms with Crippen LogP contribution in [0.25, 0.3) is 28.1 Å². The minimum Gasteiger partial charge on any atom is -0.378 e. The fraction of sp³-hybridized carbons (Fsp3) is 0.192. The van der Waals surface area contributed by atoms with Gasteiger partial charge in [-0.15, -0.1) is 0 Å². The lowest BCUT2D eigenvalue weighted by Crippen LogP contribution is -2.40. The first-order valence-electron chi connectivity index (χ1n) is 10.6. The Balaban J connectivity index is 1.64. The van der Waals surface area contributed by atoms with Crippen LogP contribution in [0.1, 0.15) is 21.5 Å². The molecule has 1 aliphatic heterocycles. The summed E-state index contributed by atoms with van der Waals surface area (Å²) in [6.07, 6.45) is 0. The largest absolute Gasteiger partial charge is 0.378 e. The fourth-order valence-corrected chi connectivity index (χ4v) is 4.00. The second-order valence-corrected chi connectivity index (χ2v) is 7.90. The maximum Gasteiger partial charge on any atom is 0.254 e. The van der Waals surface area contributed by atoms with E-state index >= 15 is 0 Å². The van der Waals surface area contributed by atoms with E-state index in [9.17, 15) is 4.79 Å². The molecule has 1 saturated heterocycles. The number of carbonyl (C=O) groups is 1. The van der Waals surface area contributed by atoms with Gasteiger partial charge in [0.25, 0.3) is 5.91 Å². The quantitative estimate of drug-likeness (QED) is 0.492. The van der Waals surface area contributed by atoms with E-state index in [1.54, 1.807) is 12.1 Å². The van der Waals surface area contributed by atoms with Gasteiger partial charge < -0.3 is 9.64 Å². The highest BCUT2D eigenvalue weighted by molar-refractivity contribution is 5.98. The van der Waals surface area contributed by atoms with Crippen molar-refractivity contribution in [2.75, 3.05) is 26.3 Å². The van der Waals surface area contributed by atoms with Crippen molar-refractivity contribution in [3.8, 4) is 23.1 Å². The Morgan fingerprint density at radius 1 is 1.00 bits per heavy atom. The van der Waals surface area contributed by atoms with Crippen LogP contribution in [0.3, 0.4) is 0 Å². The zero-order valence-corrected chi connectivity index (χ0v) is 17.8. The zero-order valence-electron chi connectivity index (χ0n) is 17.8. The zero-order chi connectivity index (χ0) is 22.1. The van der Waals surface area contributed by atoms with Gasteiger partial charge >= 0.3 is 0 Å². The van der Waals surface area contributed by atoms with Crippen molar-refractivity contribution < 1.29 is 9.53 Å². The number of morpholine rings is 1. The Bertz CT molecular complexity index is 1330. The van der Waals surface area contributed by atoms with Crippen molar-refractivity contribution in [1.82, 2.24) is 14.5 Å². The molecule has 0 unspecified atom stereocenters. The molecule has 32 heavy (non-hydrogen) atoms. The number of carbonyl (C=O) groups excluding carboxylic acids is 1. The number of fused-ring (bicyclic) bond motifs is 1. The Kier molecular flexibility index (Phi) is 5.18. The monoisotopic (exact) mass is 422 g/mol. The predicted molar refractivity (Wildman–Crippen MR) is 123 cm³/mol. The summed E-state index contributed by atoms with van der Waals surface area (Å²) in [7, 11) is 0. The van der Waals surface area contributed by atoms with Crippen molar-refractivity contribution in [3.05, 3.63) is 83.4 Å². The molecule has 1 fully saturated rings. The smallest absolute Gasteiger partial charge is 0.254 e. The summed E-state index contributed by atoms with van der Waals surface area (Å²) in [5.41, 5.74) is 5.98. The Labute approximate surface area is 186 Å². The molecule has 0 N–H and O–H groups in total. The highest BCUT2D eigenvalue weighted by Crippen LogP contribution is 2.30. The van der Waals surface area contributed by atoms with Crippen molar-refractivity contribution in [2.45, 2.75) is 6.92 Å². The molecular weight excluding hydrogens is 400 g/mol. The third-order valence-electron chi connectivity index (χ3n) is 5.76. The summed E-state index contributed by atoms with van der Waals surface area (Å²) >= 11 is 0. The van der Waals surface area contributed by atoms with Gasteiger partial charge in [0.2, 0.25) is 0 Å². The summed E-state index contributed by atoms with van der Waals surface area (Å²) in [4.78, 5) is 19.7. The minimum absolute atomic E-state index is 0.00000833. The number of nitrogens with zero attached hydrogens (tertiary/aromatic N) is 4. The molecule has 0 aliphatic carbocycles. The normalized spacial score (nSPS) is 13.8. The van der Waals surface area contributed by atoms with Crippen LogP contribution >= 0.6 is 0 Å². The molecule has 0 radical (unpaired) electrons. The van der Waals surface area contributed by atoms with Gasteiger partial charge in [-0.05, 0) is 61.5 Å². The van der Waals surface area contributed by atoms with Crippen LogP contribution < -0.4 is 0 Å². The minimum atomic E-state index is 0.00000833. The van der Waals surface area contributed by atoms with Crippen LogP contribution in [-0.4, -0.2) is 46.7 Å². The van der Waals surface area contributed by atoms with Crippen LogP contribution in [0.5, 0.6) is 0 Å². The lowest BCUT2D eigenvalue weighted by molar-refractivity contribution is 0.0303. The summed E-state index contributed by atoms with van der Waals surface area (Å²) in [5, 5.41) is 9.15. The van der Waals surface area contributed by atoms with Gasteiger partial charge in [0, 0.05) is 29.9 Å². The lowest BCUT2D eigenvalue weighted by Gasteiger charge is -2.26. The molecule has 1 aliphatic rings. The van der Waals surface area contributed by atoms with E-state index < -0.39 is 0 Å². The first kappa shape index (κ1) is 20.0. The Morgan fingerprint density at radius 3 is 2.41 bits per heavy atom. The van der Waals surface area contributed by atoms with Crippen LogP contribution in [0, 0.1) is 18.3 Å². The van der Waals surface area contributed by atoms with Crippen LogP contribution in [-0.2, 0) is 4.74 Å². The number of aromatic nitrogens is 2. The van der Waals surface area contributed by atoms with Gasteiger partial charge in [-0.1, -0.05) is 17.7 Å². The average molecular weight is 422 g/mol. The lowest BCUT2D eigenvalue weighted by atomic mass is 10.1. The number of imidazole rings is 1. The number of amides is 1. The first-order valence-corrected chi connectivity index (χ1v) is 10.6. The van der Waals surface area contributed by atoms with Crippen molar-refractivity contribution in [1.29, 1.82) is 5.26 Å². The SMILES string of the molecule is Cc1ccc(-n2c(-c3ccc(C#N)cc3)nc3cc(C(=O)N4CCOCC4)ccc32)cc1. The van der Waals surface area contributed by atoms with E-state index in [-0.39, 0.29) is 5.91 Å². The van der Waals surface area contributed by atoms with Gasteiger partial charge in [0.1, 0.15) is 5.82 Å². The molecule has 0 spiro atoms. The second-order valence-electron chi connectivity index (χ2n) is 7.90. The van der Waals surface area contributed by atoms with Crippen molar-refractivity contribution in [2.24, 2.45) is 0 Å². The fourth-order valence-electron chi connectivity index (χ4n) is 4.00. The Morgan fingerprint density at radius 2 is 1.72 bits per heavy atom. The van der Waals surface area contributed by atoms with Gasteiger partial charge in [0.15, 0.2) is 0 Å². The van der Waals surface area contributed by atoms with Crippen LogP contribution in [0.2, 0.25) is 0 Å². The van der Waals surface area contributed by atoms with Gasteiger partial charge in [-0.3, -0.25) is 9.36 Å². The molecule has 3 aromatic carbocycles. The number of hydrogen-bond donors (Lipinski definition) is 0. The molecule has 6 nitrogen and oxygen atoms in total. The third kappa shape index (κ3) is 3.64. The maximum atomic E-state index is 13.0. The van der Waals surface area contributed by atoms with E-state index in [1.165, 1.54) is 5.56 Å². The molecule has 6 heteroatoms. The molecule has 0 bridgehead atoms. The van der Waals surface area contributed by atoms with Gasteiger partial charge in [0.05, 0.1) is 35.9 Å². The summed E-state index contributed by atoms with van der Waals surface area (Å²) < 4.78 is 7.46. The molecule has 1 amide bonds. The number of hydrogen-bond acceptors (Lipinski definition) is 4. The average Bonchev–Trinajstić information content (AvgIpc) is 3.23. The highest BCUT2D eigenvalue weighted by atomic mass is 16.5. The van der Waals surface area contributed by atoms with E-state index in [0.29, 0.717) is 37.4 Å². The standard InChI is InChI=1S/C26H22N4O2/c1-18-2-9-22(10-3-18)30-24-11-8-21(26(31)29-12-14-32-15-13-29)16-23(24)28-25(30)20-6-4-19(17-27)5-7-20/h2-11,16H,12-15H2,1H3. The number of benzene rings is 3. The molecule has 158 valence electrons. The van der Waals surface area contributed by atoms with E-state index in [0.717, 1.165) is 28.1 Å². The number of ether oxygens (including phenoxy) is 1. The number of aryl methyl sites for hydroxylation is 1. The number of nitriles is 1. The molecule has 1 aromatic heterocycles. The van der Waals surface area contributed by atoms with Crippen molar-refractivity contribution >= 4 is 16.9 Å². The number of rotatable bonds is 3. The topological polar surface area (TPSA) is 71.2 Å². The molecule has 2 heterocycles. The summed E-state index contributed by atoms with van der Waals surface area (Å²) in [6.45, 7) is 4.40. The second kappa shape index (κ2) is 8.29. The van der Waals surface area contributed by atoms with E-state index in [2.05, 4.69) is 41.8 Å². The van der Waals surface area contributed by atoms with E-state index in [4.69, 9.17) is 15.0 Å².